The van der Waals surface area contributed by atoms with Crippen LogP contribution in [0.5, 0.6) is 5.75 Å². The maximum Gasteiger partial charge on any atom is 0.337 e. The van der Waals surface area contributed by atoms with Gasteiger partial charge in [0.05, 0.1) is 12.7 Å². The average Bonchev–Trinajstić information content (AvgIpc) is 2.94. The summed E-state index contributed by atoms with van der Waals surface area (Å²) in [7, 11) is 1.34. The Labute approximate surface area is 123 Å². The van der Waals surface area contributed by atoms with Gasteiger partial charge in [-0.1, -0.05) is 25.9 Å². The van der Waals surface area contributed by atoms with Crippen molar-refractivity contribution in [3.63, 3.8) is 0 Å². The van der Waals surface area contributed by atoms with E-state index >= 15 is 0 Å². The maximum absolute atomic E-state index is 11.3. The topological polar surface area (TPSA) is 74.5 Å². The predicted molar refractivity (Wildman–Crippen MR) is 75.1 cm³/mol. The van der Waals surface area contributed by atoms with E-state index in [0.29, 0.717) is 23.0 Å². The quantitative estimate of drug-likeness (QED) is 0.806. The number of hydrogen-bond acceptors (Lipinski definition) is 6. The van der Waals surface area contributed by atoms with Crippen LogP contribution in [-0.4, -0.2) is 23.2 Å². The van der Waals surface area contributed by atoms with E-state index in [0.717, 1.165) is 0 Å². The lowest BCUT2D eigenvalue weighted by molar-refractivity contribution is 0.0600. The molecular weight excluding hydrogens is 272 g/mol. The smallest absolute Gasteiger partial charge is 0.337 e. The highest BCUT2D eigenvalue weighted by atomic mass is 16.5. The summed E-state index contributed by atoms with van der Waals surface area (Å²) >= 11 is 0. The summed E-state index contributed by atoms with van der Waals surface area (Å²) in [6.07, 6.45) is 0. The van der Waals surface area contributed by atoms with Crippen molar-refractivity contribution >= 4 is 5.97 Å². The predicted octanol–water partition coefficient (Wildman–Crippen LogP) is 2.73. The molecule has 0 radical (unpaired) electrons. The molecule has 112 valence electrons. The Morgan fingerprint density at radius 2 is 1.90 bits per heavy atom. The van der Waals surface area contributed by atoms with Gasteiger partial charge in [0.15, 0.2) is 6.61 Å². The van der Waals surface area contributed by atoms with E-state index in [-0.39, 0.29) is 18.0 Å². The molecule has 6 heteroatoms. The van der Waals surface area contributed by atoms with Crippen LogP contribution in [0.4, 0.5) is 0 Å². The van der Waals surface area contributed by atoms with Crippen LogP contribution in [0.2, 0.25) is 0 Å². The molecule has 0 unspecified atom stereocenters. The number of esters is 1. The number of carbonyl (C=O) groups is 1. The van der Waals surface area contributed by atoms with Crippen LogP contribution < -0.4 is 4.74 Å². The van der Waals surface area contributed by atoms with Crippen LogP contribution in [0.25, 0.3) is 0 Å². The lowest BCUT2D eigenvalue weighted by Gasteiger charge is -2.10. The number of rotatable bonds is 4. The molecule has 0 aliphatic rings. The van der Waals surface area contributed by atoms with Crippen molar-refractivity contribution in [2.75, 3.05) is 7.11 Å². The zero-order valence-electron chi connectivity index (χ0n) is 12.5. The number of hydrogen-bond donors (Lipinski definition) is 0. The van der Waals surface area contributed by atoms with Crippen molar-refractivity contribution in [1.82, 2.24) is 10.1 Å². The molecule has 0 amide bonds. The molecule has 0 aliphatic heterocycles. The van der Waals surface area contributed by atoms with Crippen LogP contribution in [-0.2, 0) is 16.8 Å². The molecule has 0 saturated carbocycles. The molecule has 0 atom stereocenters. The number of nitrogens with zero attached hydrogens (tertiary/aromatic N) is 2. The van der Waals surface area contributed by atoms with Crippen molar-refractivity contribution in [3.8, 4) is 5.75 Å². The minimum absolute atomic E-state index is 0.187. The Balaban J connectivity index is 1.97. The summed E-state index contributed by atoms with van der Waals surface area (Å²) in [6, 6.07) is 6.66. The summed E-state index contributed by atoms with van der Waals surface area (Å²) in [5.74, 6) is 1.29. The zero-order valence-corrected chi connectivity index (χ0v) is 12.5. The van der Waals surface area contributed by atoms with Gasteiger partial charge in [-0.15, -0.1) is 0 Å². The normalized spacial score (nSPS) is 11.2. The molecule has 1 heterocycles. The number of carbonyl (C=O) groups excluding carboxylic acids is 1. The highest BCUT2D eigenvalue weighted by Gasteiger charge is 2.21. The van der Waals surface area contributed by atoms with E-state index in [1.54, 1.807) is 24.3 Å². The Morgan fingerprint density at radius 3 is 2.43 bits per heavy atom. The summed E-state index contributed by atoms with van der Waals surface area (Å²) in [5, 5.41) is 3.87. The Morgan fingerprint density at radius 1 is 1.24 bits per heavy atom. The molecule has 6 nitrogen and oxygen atoms in total. The fourth-order valence-electron chi connectivity index (χ4n) is 1.57. The molecule has 1 aromatic heterocycles. The molecule has 2 rings (SSSR count). The minimum atomic E-state index is -0.380. The van der Waals surface area contributed by atoms with Gasteiger partial charge in [-0.2, -0.15) is 4.98 Å². The summed E-state index contributed by atoms with van der Waals surface area (Å²) in [5.41, 5.74) is 0.285. The number of methoxy groups -OCH3 is 1. The van der Waals surface area contributed by atoms with Crippen molar-refractivity contribution in [3.05, 3.63) is 41.5 Å². The molecule has 0 bridgehead atoms. The highest BCUT2D eigenvalue weighted by molar-refractivity contribution is 5.89. The number of ether oxygens (including phenoxy) is 2. The first-order valence-electron chi connectivity index (χ1n) is 6.54. The van der Waals surface area contributed by atoms with Gasteiger partial charge < -0.3 is 14.0 Å². The Kier molecular flexibility index (Phi) is 4.26. The van der Waals surface area contributed by atoms with Gasteiger partial charge in [-0.3, -0.25) is 0 Å². The standard InChI is InChI=1S/C15H18N2O4/c1-15(2,3)14-16-12(17-21-14)9-20-11-7-5-10(6-8-11)13(18)19-4/h5-8H,9H2,1-4H3. The summed E-state index contributed by atoms with van der Waals surface area (Å²) in [6.45, 7) is 6.20. The maximum atomic E-state index is 11.3. The fraction of sp³-hybridized carbons (Fsp3) is 0.400. The summed E-state index contributed by atoms with van der Waals surface area (Å²) in [4.78, 5) is 15.6. The van der Waals surface area contributed by atoms with Crippen LogP contribution in [0.3, 0.4) is 0 Å². The molecule has 1 aromatic carbocycles. The van der Waals surface area contributed by atoms with Gasteiger partial charge in [-0.05, 0) is 24.3 Å². The SMILES string of the molecule is COC(=O)c1ccc(OCc2noc(C(C)(C)C)n2)cc1. The molecule has 0 fully saturated rings. The minimum Gasteiger partial charge on any atom is -0.485 e. The van der Waals surface area contributed by atoms with Crippen LogP contribution in [0, 0.1) is 0 Å². The highest BCUT2D eigenvalue weighted by Crippen LogP contribution is 2.20. The average molecular weight is 290 g/mol. The van der Waals surface area contributed by atoms with E-state index in [9.17, 15) is 4.79 Å². The first-order chi connectivity index (χ1) is 9.90. The third kappa shape index (κ3) is 3.81. The number of aromatic nitrogens is 2. The van der Waals surface area contributed by atoms with Crippen LogP contribution >= 0.6 is 0 Å². The van der Waals surface area contributed by atoms with Crippen molar-refractivity contribution in [2.45, 2.75) is 32.8 Å². The van der Waals surface area contributed by atoms with Gasteiger partial charge in [-0.25, -0.2) is 4.79 Å². The summed E-state index contributed by atoms with van der Waals surface area (Å²) < 4.78 is 15.4. The van der Waals surface area contributed by atoms with Gasteiger partial charge in [0.2, 0.25) is 11.7 Å². The van der Waals surface area contributed by atoms with Gasteiger partial charge in [0, 0.05) is 5.41 Å². The first kappa shape index (κ1) is 15.0. The van der Waals surface area contributed by atoms with Gasteiger partial charge >= 0.3 is 5.97 Å². The lowest BCUT2D eigenvalue weighted by Crippen LogP contribution is -2.11. The molecule has 0 saturated heterocycles. The van der Waals surface area contributed by atoms with Crippen molar-refractivity contribution < 1.29 is 18.8 Å². The third-order valence-electron chi connectivity index (χ3n) is 2.75. The second-order valence-corrected chi connectivity index (χ2v) is 5.57. The van der Waals surface area contributed by atoms with E-state index in [4.69, 9.17) is 9.26 Å². The molecule has 0 spiro atoms. The molecular formula is C15H18N2O4. The van der Waals surface area contributed by atoms with Crippen LogP contribution in [0.15, 0.2) is 28.8 Å². The fourth-order valence-corrected chi connectivity index (χ4v) is 1.57. The van der Waals surface area contributed by atoms with E-state index in [1.165, 1.54) is 7.11 Å². The third-order valence-corrected chi connectivity index (χ3v) is 2.75. The second-order valence-electron chi connectivity index (χ2n) is 5.57. The van der Waals surface area contributed by atoms with Crippen molar-refractivity contribution in [2.24, 2.45) is 0 Å². The monoisotopic (exact) mass is 290 g/mol. The zero-order chi connectivity index (χ0) is 15.5. The Hall–Kier alpha value is -2.37. The van der Waals surface area contributed by atoms with E-state index in [1.807, 2.05) is 20.8 Å². The van der Waals surface area contributed by atoms with Gasteiger partial charge in [0.25, 0.3) is 0 Å². The molecule has 21 heavy (non-hydrogen) atoms. The van der Waals surface area contributed by atoms with Gasteiger partial charge in [0.1, 0.15) is 5.75 Å². The first-order valence-corrected chi connectivity index (χ1v) is 6.54. The Bertz CT molecular complexity index is 611. The van der Waals surface area contributed by atoms with E-state index < -0.39 is 0 Å². The molecule has 2 aromatic rings. The van der Waals surface area contributed by atoms with Crippen molar-refractivity contribution in [1.29, 1.82) is 0 Å². The number of benzene rings is 1. The van der Waals surface area contributed by atoms with E-state index in [2.05, 4.69) is 14.9 Å². The van der Waals surface area contributed by atoms with Crippen LogP contribution in [0.1, 0.15) is 42.8 Å². The second kappa shape index (κ2) is 5.95. The largest absolute Gasteiger partial charge is 0.485 e. The lowest BCUT2D eigenvalue weighted by atomic mass is 9.97. The molecule has 0 N–H and O–H groups in total. The molecule has 0 aliphatic carbocycles.